The minimum atomic E-state index is -0.496. The van der Waals surface area contributed by atoms with Gasteiger partial charge in [0.25, 0.3) is 5.91 Å². The number of amides is 2. The fourth-order valence-electron chi connectivity index (χ4n) is 4.27. The number of anilines is 1. The molecule has 4 rings (SSSR count). The van der Waals surface area contributed by atoms with Gasteiger partial charge in [0, 0.05) is 18.5 Å². The van der Waals surface area contributed by atoms with Crippen LogP contribution in [0.5, 0.6) is 5.75 Å². The van der Waals surface area contributed by atoms with Crippen LogP contribution in [0.15, 0.2) is 23.3 Å². The van der Waals surface area contributed by atoms with Gasteiger partial charge in [-0.15, -0.1) is 0 Å². The maximum absolute atomic E-state index is 12.3. The molecule has 30 heavy (non-hydrogen) atoms. The average Bonchev–Trinajstić information content (AvgIpc) is 2.65. The van der Waals surface area contributed by atoms with Crippen molar-refractivity contribution in [3.8, 4) is 5.75 Å². The summed E-state index contributed by atoms with van der Waals surface area (Å²) in [6.45, 7) is 13.5. The van der Waals surface area contributed by atoms with Crippen molar-refractivity contribution in [1.82, 2.24) is 10.3 Å². The van der Waals surface area contributed by atoms with E-state index in [0.717, 1.165) is 17.0 Å². The number of fused-ring (bicyclic) bond motifs is 3. The van der Waals surface area contributed by atoms with Crippen LogP contribution in [0, 0.1) is 5.41 Å². The van der Waals surface area contributed by atoms with Gasteiger partial charge >= 0.3 is 6.09 Å². The number of ether oxygens (including phenoxy) is 2. The number of carbonyl (C=O) groups is 2. The van der Waals surface area contributed by atoms with Gasteiger partial charge in [0.15, 0.2) is 5.84 Å². The highest BCUT2D eigenvalue weighted by Crippen LogP contribution is 2.46. The van der Waals surface area contributed by atoms with Gasteiger partial charge in [-0.2, -0.15) is 5.10 Å². The van der Waals surface area contributed by atoms with Crippen LogP contribution in [0.2, 0.25) is 0 Å². The first-order valence-corrected chi connectivity index (χ1v) is 10.4. The lowest BCUT2D eigenvalue weighted by Gasteiger charge is -2.51. The van der Waals surface area contributed by atoms with Crippen LogP contribution in [0.4, 0.5) is 10.5 Å². The molecule has 1 aromatic carbocycles. The smallest absolute Gasteiger partial charge is 0.410 e. The Morgan fingerprint density at radius 2 is 2.07 bits per heavy atom. The molecule has 3 aliphatic heterocycles. The van der Waals surface area contributed by atoms with Gasteiger partial charge in [0.05, 0.1) is 5.69 Å². The molecule has 0 radical (unpaired) electrons. The van der Waals surface area contributed by atoms with E-state index in [4.69, 9.17) is 9.47 Å². The molecule has 0 saturated carbocycles. The van der Waals surface area contributed by atoms with Crippen LogP contribution in [0.3, 0.4) is 0 Å². The van der Waals surface area contributed by atoms with E-state index in [1.54, 1.807) is 4.90 Å². The minimum absolute atomic E-state index is 0.0531. The predicted octanol–water partition coefficient (Wildman–Crippen LogP) is 3.08. The SMILES string of the molecule is C[C@@H]1C(=O)NN=C2COc3ccc([C@H](C)C4(C)CN(C(=O)OC(C)(C)C)C4)cc3N21. The summed E-state index contributed by atoms with van der Waals surface area (Å²) >= 11 is 0. The van der Waals surface area contributed by atoms with Crippen molar-refractivity contribution in [2.45, 2.75) is 59.1 Å². The molecule has 1 fully saturated rings. The second-order valence-corrected chi connectivity index (χ2v) is 9.78. The Bertz CT molecular complexity index is 914. The van der Waals surface area contributed by atoms with Crippen molar-refractivity contribution in [2.24, 2.45) is 10.5 Å². The molecule has 0 aliphatic carbocycles. The molecule has 2 amide bonds. The number of amidine groups is 1. The summed E-state index contributed by atoms with van der Waals surface area (Å²) in [6.07, 6.45) is -0.264. The van der Waals surface area contributed by atoms with Gasteiger partial charge < -0.3 is 19.3 Å². The van der Waals surface area contributed by atoms with Gasteiger partial charge in [-0.1, -0.05) is 19.9 Å². The van der Waals surface area contributed by atoms with Gasteiger partial charge in [-0.25, -0.2) is 10.2 Å². The number of nitrogens with one attached hydrogen (secondary N) is 1. The predicted molar refractivity (Wildman–Crippen MR) is 114 cm³/mol. The third-order valence-electron chi connectivity index (χ3n) is 6.24. The van der Waals surface area contributed by atoms with E-state index in [9.17, 15) is 9.59 Å². The third-order valence-corrected chi connectivity index (χ3v) is 6.24. The quantitative estimate of drug-likeness (QED) is 0.804. The van der Waals surface area contributed by atoms with Gasteiger partial charge in [0.1, 0.15) is 24.0 Å². The zero-order valence-electron chi connectivity index (χ0n) is 18.5. The van der Waals surface area contributed by atoms with Crippen molar-refractivity contribution < 1.29 is 19.1 Å². The fourth-order valence-corrected chi connectivity index (χ4v) is 4.27. The Kier molecular flexibility index (Phi) is 4.71. The zero-order chi connectivity index (χ0) is 21.8. The summed E-state index contributed by atoms with van der Waals surface area (Å²) in [5, 5.41) is 4.15. The number of rotatable bonds is 2. The third kappa shape index (κ3) is 3.48. The van der Waals surface area contributed by atoms with Crippen molar-refractivity contribution in [3.05, 3.63) is 23.8 Å². The molecule has 0 bridgehead atoms. The molecule has 1 N–H and O–H groups in total. The van der Waals surface area contributed by atoms with Gasteiger partial charge in [-0.05, 0) is 51.3 Å². The normalized spacial score (nSPS) is 23.2. The molecule has 8 nitrogen and oxygen atoms in total. The van der Waals surface area contributed by atoms with Crippen LogP contribution >= 0.6 is 0 Å². The van der Waals surface area contributed by atoms with Crippen LogP contribution in [-0.2, 0) is 9.53 Å². The monoisotopic (exact) mass is 414 g/mol. The highest BCUT2D eigenvalue weighted by atomic mass is 16.6. The Balaban J connectivity index is 1.53. The molecule has 3 aliphatic rings. The largest absolute Gasteiger partial charge is 0.483 e. The Hall–Kier alpha value is -2.77. The molecule has 8 heteroatoms. The van der Waals surface area contributed by atoms with Crippen molar-refractivity contribution in [3.63, 3.8) is 0 Å². The molecular weight excluding hydrogens is 384 g/mol. The summed E-state index contributed by atoms with van der Waals surface area (Å²) in [5.41, 5.74) is 4.00. The lowest BCUT2D eigenvalue weighted by Crippen LogP contribution is -2.59. The van der Waals surface area contributed by atoms with Crippen molar-refractivity contribution >= 4 is 23.5 Å². The Morgan fingerprint density at radius 1 is 1.37 bits per heavy atom. The minimum Gasteiger partial charge on any atom is -0.483 e. The molecule has 0 unspecified atom stereocenters. The topological polar surface area (TPSA) is 83.5 Å². The summed E-state index contributed by atoms with van der Waals surface area (Å²) in [6, 6.07) is 5.77. The van der Waals surface area contributed by atoms with Crippen LogP contribution < -0.4 is 15.1 Å². The lowest BCUT2D eigenvalue weighted by atomic mass is 9.69. The van der Waals surface area contributed by atoms with E-state index in [1.165, 1.54) is 0 Å². The number of hydrogen-bond acceptors (Lipinski definition) is 6. The molecule has 0 aromatic heterocycles. The number of likely N-dealkylation sites (tertiary alicyclic amines) is 1. The summed E-state index contributed by atoms with van der Waals surface area (Å²) in [7, 11) is 0. The fraction of sp³-hybridized carbons (Fsp3) is 0.591. The number of carbonyl (C=O) groups excluding carboxylic acids is 2. The molecule has 162 valence electrons. The molecule has 2 atom stereocenters. The van der Waals surface area contributed by atoms with E-state index < -0.39 is 5.60 Å². The molecular formula is C22H30N4O4. The van der Waals surface area contributed by atoms with Crippen LogP contribution in [0.1, 0.15) is 53.0 Å². The molecule has 1 aromatic rings. The standard InChI is InChI=1S/C22H30N4O4/c1-13(22(6)11-25(12-22)20(28)30-21(3,4)5)15-7-8-17-16(9-15)26-14(2)19(27)24-23-18(26)10-29-17/h7-9,13-14H,10-12H2,1-6H3,(H,24,27)/t13-,14+/m0/s1. The number of benzene rings is 1. The highest BCUT2D eigenvalue weighted by molar-refractivity contribution is 6.09. The Morgan fingerprint density at radius 3 is 2.73 bits per heavy atom. The second-order valence-electron chi connectivity index (χ2n) is 9.78. The van der Waals surface area contributed by atoms with Gasteiger partial charge in [-0.3, -0.25) is 4.79 Å². The number of hydrogen-bond donors (Lipinski definition) is 1. The second kappa shape index (κ2) is 6.89. The van der Waals surface area contributed by atoms with Gasteiger partial charge in [0.2, 0.25) is 0 Å². The maximum atomic E-state index is 12.3. The van der Waals surface area contributed by atoms with E-state index in [0.29, 0.717) is 25.5 Å². The zero-order valence-corrected chi connectivity index (χ0v) is 18.5. The van der Waals surface area contributed by atoms with E-state index in [1.807, 2.05) is 38.7 Å². The first-order chi connectivity index (χ1) is 14.0. The number of hydrazone groups is 1. The van der Waals surface area contributed by atoms with Crippen LogP contribution in [0.25, 0.3) is 0 Å². The van der Waals surface area contributed by atoms with E-state index >= 15 is 0 Å². The lowest BCUT2D eigenvalue weighted by molar-refractivity contribution is -0.122. The summed E-state index contributed by atoms with van der Waals surface area (Å²) < 4.78 is 11.3. The first kappa shape index (κ1) is 20.5. The molecule has 0 spiro atoms. The first-order valence-electron chi connectivity index (χ1n) is 10.4. The molecule has 1 saturated heterocycles. The summed E-state index contributed by atoms with van der Waals surface area (Å²) in [4.78, 5) is 28.2. The summed E-state index contributed by atoms with van der Waals surface area (Å²) in [5.74, 6) is 1.52. The highest BCUT2D eigenvalue weighted by Gasteiger charge is 2.47. The Labute approximate surface area is 177 Å². The van der Waals surface area contributed by atoms with E-state index in [2.05, 4.69) is 36.5 Å². The van der Waals surface area contributed by atoms with E-state index in [-0.39, 0.29) is 29.4 Å². The average molecular weight is 415 g/mol. The number of nitrogens with zero attached hydrogens (tertiary/aromatic N) is 3. The maximum Gasteiger partial charge on any atom is 0.410 e. The van der Waals surface area contributed by atoms with Crippen molar-refractivity contribution in [2.75, 3.05) is 24.6 Å². The van der Waals surface area contributed by atoms with Crippen molar-refractivity contribution in [1.29, 1.82) is 0 Å². The molecule has 3 heterocycles. The van der Waals surface area contributed by atoms with Crippen LogP contribution in [-0.4, -0.2) is 54.1 Å².